The maximum atomic E-state index is 11.7. The van der Waals surface area contributed by atoms with Gasteiger partial charge in [0, 0.05) is 11.8 Å². The van der Waals surface area contributed by atoms with Gasteiger partial charge in [0.25, 0.3) is 5.69 Å². The first kappa shape index (κ1) is 15.0. The average molecular weight is 303 g/mol. The molecule has 1 heterocycles. The van der Waals surface area contributed by atoms with Gasteiger partial charge in [-0.1, -0.05) is 30.3 Å². The van der Waals surface area contributed by atoms with Gasteiger partial charge in [0.2, 0.25) is 5.91 Å². The number of benzene rings is 1. The fourth-order valence-electron chi connectivity index (χ4n) is 1.58. The molecule has 0 aliphatic rings. The van der Waals surface area contributed by atoms with Crippen LogP contribution in [0.5, 0.6) is 0 Å². The van der Waals surface area contributed by atoms with E-state index in [0.29, 0.717) is 11.6 Å². The highest BCUT2D eigenvalue weighted by Crippen LogP contribution is 2.14. The summed E-state index contributed by atoms with van der Waals surface area (Å²) in [6.07, 6.45) is 1.12. The minimum atomic E-state index is -0.533. The van der Waals surface area contributed by atoms with Crippen LogP contribution in [0.15, 0.2) is 48.7 Å². The summed E-state index contributed by atoms with van der Waals surface area (Å²) in [5, 5.41) is 13.1. The van der Waals surface area contributed by atoms with Crippen LogP contribution in [0.3, 0.4) is 0 Å². The van der Waals surface area contributed by atoms with Crippen molar-refractivity contribution in [2.75, 3.05) is 11.1 Å². The van der Waals surface area contributed by atoms with Crippen LogP contribution >= 0.6 is 11.8 Å². The average Bonchev–Trinajstić information content (AvgIpc) is 2.49. The molecule has 0 saturated heterocycles. The molecule has 0 aliphatic heterocycles. The van der Waals surface area contributed by atoms with Crippen molar-refractivity contribution < 1.29 is 9.72 Å². The van der Waals surface area contributed by atoms with E-state index >= 15 is 0 Å². The lowest BCUT2D eigenvalue weighted by molar-refractivity contribution is -0.385. The first-order chi connectivity index (χ1) is 10.1. The Morgan fingerprint density at radius 1 is 1.24 bits per heavy atom. The number of hydrogen-bond acceptors (Lipinski definition) is 5. The van der Waals surface area contributed by atoms with Gasteiger partial charge in [0.15, 0.2) is 0 Å². The van der Waals surface area contributed by atoms with Crippen molar-refractivity contribution in [2.24, 2.45) is 0 Å². The number of aromatic nitrogens is 1. The Kier molecular flexibility index (Phi) is 5.28. The molecule has 108 valence electrons. The zero-order chi connectivity index (χ0) is 15.1. The number of nitrogens with zero attached hydrogens (tertiary/aromatic N) is 2. The van der Waals surface area contributed by atoms with Crippen molar-refractivity contribution in [1.82, 2.24) is 4.98 Å². The molecule has 6 nitrogen and oxygen atoms in total. The second-order valence-corrected chi connectivity index (χ2v) is 5.17. The van der Waals surface area contributed by atoms with Crippen LogP contribution in [-0.2, 0) is 10.5 Å². The summed E-state index contributed by atoms with van der Waals surface area (Å²) < 4.78 is 0. The Morgan fingerprint density at radius 2 is 2.00 bits per heavy atom. The summed E-state index contributed by atoms with van der Waals surface area (Å²) in [7, 11) is 0. The molecule has 0 saturated carbocycles. The molecule has 7 heteroatoms. The van der Waals surface area contributed by atoms with E-state index in [1.165, 1.54) is 23.9 Å². The molecular weight excluding hydrogens is 290 g/mol. The maximum Gasteiger partial charge on any atom is 0.287 e. The topological polar surface area (TPSA) is 85.1 Å². The Labute approximate surface area is 125 Å². The van der Waals surface area contributed by atoms with Gasteiger partial charge in [0.05, 0.1) is 10.7 Å². The summed E-state index contributed by atoms with van der Waals surface area (Å²) in [4.78, 5) is 25.5. The summed E-state index contributed by atoms with van der Waals surface area (Å²) >= 11 is 1.49. The maximum absolute atomic E-state index is 11.7. The van der Waals surface area contributed by atoms with Crippen LogP contribution < -0.4 is 5.32 Å². The largest absolute Gasteiger partial charge is 0.310 e. The molecule has 21 heavy (non-hydrogen) atoms. The van der Waals surface area contributed by atoms with Crippen molar-refractivity contribution in [3.63, 3.8) is 0 Å². The highest BCUT2D eigenvalue weighted by atomic mass is 32.2. The summed E-state index contributed by atoms with van der Waals surface area (Å²) in [5.41, 5.74) is 1.05. The zero-order valence-corrected chi connectivity index (χ0v) is 11.9. The molecule has 0 unspecified atom stereocenters. The van der Waals surface area contributed by atoms with E-state index in [1.807, 2.05) is 30.3 Å². The van der Waals surface area contributed by atoms with Crippen LogP contribution in [0.25, 0.3) is 0 Å². The van der Waals surface area contributed by atoms with Crippen LogP contribution in [0.1, 0.15) is 5.56 Å². The highest BCUT2D eigenvalue weighted by molar-refractivity contribution is 7.99. The fourth-order valence-corrected chi connectivity index (χ4v) is 2.37. The molecule has 0 radical (unpaired) electrons. The molecule has 0 atom stereocenters. The third-order valence-electron chi connectivity index (χ3n) is 2.57. The van der Waals surface area contributed by atoms with Gasteiger partial charge >= 0.3 is 0 Å². The molecule has 1 aromatic carbocycles. The van der Waals surface area contributed by atoms with Gasteiger partial charge in [-0.05, 0) is 11.6 Å². The SMILES string of the molecule is O=C(CSCc1ccccc1)Nc1ccc([N+](=O)[O-])cn1. The Morgan fingerprint density at radius 3 is 2.62 bits per heavy atom. The van der Waals surface area contributed by atoms with E-state index in [4.69, 9.17) is 0 Å². The van der Waals surface area contributed by atoms with Crippen LogP contribution in [0.4, 0.5) is 11.5 Å². The number of anilines is 1. The monoisotopic (exact) mass is 303 g/mol. The lowest BCUT2D eigenvalue weighted by Crippen LogP contribution is -2.15. The first-order valence-electron chi connectivity index (χ1n) is 6.17. The smallest absolute Gasteiger partial charge is 0.287 e. The normalized spacial score (nSPS) is 10.1. The van der Waals surface area contributed by atoms with Gasteiger partial charge in [0.1, 0.15) is 12.0 Å². The fraction of sp³-hybridized carbons (Fsp3) is 0.143. The molecular formula is C14H13N3O3S. The highest BCUT2D eigenvalue weighted by Gasteiger charge is 2.07. The number of amides is 1. The van der Waals surface area contributed by atoms with Crippen molar-refractivity contribution in [3.8, 4) is 0 Å². The Hall–Kier alpha value is -2.41. The van der Waals surface area contributed by atoms with Gasteiger partial charge in [-0.3, -0.25) is 14.9 Å². The first-order valence-corrected chi connectivity index (χ1v) is 7.32. The van der Waals surface area contributed by atoms with Crippen molar-refractivity contribution in [2.45, 2.75) is 5.75 Å². The number of carbonyl (C=O) groups excluding carboxylic acids is 1. The number of thioether (sulfide) groups is 1. The molecule has 2 aromatic rings. The molecule has 1 N–H and O–H groups in total. The number of pyridine rings is 1. The molecule has 1 amide bonds. The number of nitrogens with one attached hydrogen (secondary N) is 1. The van der Waals surface area contributed by atoms with Crippen LogP contribution in [0, 0.1) is 10.1 Å². The summed E-state index contributed by atoms with van der Waals surface area (Å²) in [6.45, 7) is 0. The second-order valence-electron chi connectivity index (χ2n) is 4.19. The van der Waals surface area contributed by atoms with E-state index in [9.17, 15) is 14.9 Å². The van der Waals surface area contributed by atoms with Gasteiger partial charge in [-0.2, -0.15) is 0 Å². The van der Waals surface area contributed by atoms with E-state index in [2.05, 4.69) is 10.3 Å². The molecule has 0 spiro atoms. The number of carbonyl (C=O) groups is 1. The number of nitro groups is 1. The third kappa shape index (κ3) is 4.88. The van der Waals surface area contributed by atoms with E-state index in [1.54, 1.807) is 0 Å². The minimum Gasteiger partial charge on any atom is -0.310 e. The van der Waals surface area contributed by atoms with E-state index < -0.39 is 4.92 Å². The van der Waals surface area contributed by atoms with E-state index in [-0.39, 0.29) is 11.6 Å². The molecule has 0 fully saturated rings. The zero-order valence-electron chi connectivity index (χ0n) is 11.1. The second kappa shape index (κ2) is 7.39. The third-order valence-corrected chi connectivity index (χ3v) is 3.57. The standard InChI is InChI=1S/C14H13N3O3S/c18-14(10-21-9-11-4-2-1-3-5-11)16-13-7-6-12(8-15-13)17(19)20/h1-8H,9-10H2,(H,15,16,18). The Balaban J connectivity index is 1.78. The molecule has 1 aromatic heterocycles. The number of rotatable bonds is 6. The predicted octanol–water partition coefficient (Wildman–Crippen LogP) is 2.86. The van der Waals surface area contributed by atoms with Crippen LogP contribution in [-0.4, -0.2) is 21.6 Å². The molecule has 0 aliphatic carbocycles. The van der Waals surface area contributed by atoms with Gasteiger partial charge < -0.3 is 5.32 Å². The Bertz CT molecular complexity index is 617. The minimum absolute atomic E-state index is 0.105. The lowest BCUT2D eigenvalue weighted by Gasteiger charge is -2.04. The van der Waals surface area contributed by atoms with Crippen LogP contribution in [0.2, 0.25) is 0 Å². The quantitative estimate of drug-likeness (QED) is 0.655. The summed E-state index contributed by atoms with van der Waals surface area (Å²) in [5.74, 6) is 1.18. The predicted molar refractivity (Wildman–Crippen MR) is 82.1 cm³/mol. The van der Waals surface area contributed by atoms with Gasteiger partial charge in [-0.15, -0.1) is 11.8 Å². The van der Waals surface area contributed by atoms with Crippen molar-refractivity contribution in [1.29, 1.82) is 0 Å². The van der Waals surface area contributed by atoms with Crippen molar-refractivity contribution >= 4 is 29.2 Å². The molecule has 0 bridgehead atoms. The number of hydrogen-bond donors (Lipinski definition) is 1. The van der Waals surface area contributed by atoms with Crippen molar-refractivity contribution in [3.05, 3.63) is 64.3 Å². The molecule has 2 rings (SSSR count). The lowest BCUT2D eigenvalue weighted by atomic mass is 10.2. The van der Waals surface area contributed by atoms with Gasteiger partial charge in [-0.25, -0.2) is 4.98 Å². The summed E-state index contributed by atoms with van der Waals surface area (Å²) in [6, 6.07) is 12.6. The van der Waals surface area contributed by atoms with E-state index in [0.717, 1.165) is 17.5 Å².